The lowest BCUT2D eigenvalue weighted by atomic mass is 10.0. The molecule has 25 heavy (non-hydrogen) atoms. The maximum Gasteiger partial charge on any atom is 0.224 e. The number of aromatic hydroxyl groups is 1. The van der Waals surface area contributed by atoms with Gasteiger partial charge in [0, 0.05) is 31.2 Å². The number of piperidine rings is 1. The number of phenolic OH excluding ortho intramolecular Hbond substituents is 1. The summed E-state index contributed by atoms with van der Waals surface area (Å²) in [7, 11) is 0. The summed E-state index contributed by atoms with van der Waals surface area (Å²) >= 11 is 0. The van der Waals surface area contributed by atoms with Crippen LogP contribution in [0.15, 0.2) is 42.6 Å². The third-order valence-electron chi connectivity index (χ3n) is 5.08. The van der Waals surface area contributed by atoms with Crippen LogP contribution in [0.3, 0.4) is 0 Å². The zero-order valence-electron chi connectivity index (χ0n) is 14.0. The van der Waals surface area contributed by atoms with Crippen molar-refractivity contribution >= 4 is 11.7 Å². The van der Waals surface area contributed by atoms with Crippen LogP contribution in [0.5, 0.6) is 5.75 Å². The Morgan fingerprint density at radius 1 is 1.28 bits per heavy atom. The number of amides is 1. The fourth-order valence-electron chi connectivity index (χ4n) is 3.68. The van der Waals surface area contributed by atoms with Gasteiger partial charge in [0.05, 0.1) is 0 Å². The average Bonchev–Trinajstić information content (AvgIpc) is 3.44. The topological polar surface area (TPSA) is 78.4 Å². The van der Waals surface area contributed by atoms with Crippen LogP contribution in [0.2, 0.25) is 0 Å². The Bertz CT molecular complexity index is 752. The first-order valence-corrected chi connectivity index (χ1v) is 8.82. The standard InChI is InChI=1S/C19H22N4O2/c24-15-6-1-4-13(10-15)16-11-17(16)19(25)21-14-5-3-9-23(12-14)18-7-2-8-20-22-18/h1-2,4,6-8,10,14,16-17,24H,3,5,9,11-12H2,(H,21,25)/t14?,16-,17+/m1/s1. The molecule has 4 rings (SSSR count). The maximum absolute atomic E-state index is 12.6. The number of benzene rings is 1. The molecule has 1 aromatic heterocycles. The molecule has 2 heterocycles. The van der Waals surface area contributed by atoms with Crippen LogP contribution in [-0.2, 0) is 4.79 Å². The molecule has 2 fully saturated rings. The largest absolute Gasteiger partial charge is 0.508 e. The smallest absolute Gasteiger partial charge is 0.224 e. The van der Waals surface area contributed by atoms with Crippen molar-refractivity contribution in [3.05, 3.63) is 48.2 Å². The van der Waals surface area contributed by atoms with Crippen molar-refractivity contribution in [2.24, 2.45) is 5.92 Å². The minimum atomic E-state index is 0.0219. The summed E-state index contributed by atoms with van der Waals surface area (Å²) < 4.78 is 0. The monoisotopic (exact) mass is 338 g/mol. The highest BCUT2D eigenvalue weighted by Crippen LogP contribution is 2.48. The molecule has 2 aliphatic rings. The summed E-state index contributed by atoms with van der Waals surface area (Å²) in [6.45, 7) is 1.72. The van der Waals surface area contributed by atoms with Crippen molar-refractivity contribution in [2.45, 2.75) is 31.2 Å². The first-order chi connectivity index (χ1) is 12.2. The molecule has 3 atom stereocenters. The Kier molecular flexibility index (Phi) is 4.26. The molecule has 1 saturated carbocycles. The van der Waals surface area contributed by atoms with Gasteiger partial charge in [0.1, 0.15) is 5.75 Å². The molecule has 6 nitrogen and oxygen atoms in total. The van der Waals surface area contributed by atoms with Gasteiger partial charge in [0.25, 0.3) is 0 Å². The zero-order valence-corrected chi connectivity index (χ0v) is 14.0. The highest BCUT2D eigenvalue weighted by atomic mass is 16.3. The molecular weight excluding hydrogens is 316 g/mol. The minimum absolute atomic E-state index is 0.0219. The van der Waals surface area contributed by atoms with Gasteiger partial charge in [-0.25, -0.2) is 0 Å². The quantitative estimate of drug-likeness (QED) is 0.892. The fourth-order valence-corrected chi connectivity index (χ4v) is 3.68. The number of rotatable bonds is 4. The molecule has 0 bridgehead atoms. The van der Waals surface area contributed by atoms with E-state index in [2.05, 4.69) is 20.4 Å². The second kappa shape index (κ2) is 6.70. The van der Waals surface area contributed by atoms with E-state index in [0.29, 0.717) is 0 Å². The van der Waals surface area contributed by atoms with E-state index in [-0.39, 0.29) is 29.5 Å². The van der Waals surface area contributed by atoms with Gasteiger partial charge in [-0.05, 0) is 55.0 Å². The van der Waals surface area contributed by atoms with Gasteiger partial charge in [-0.15, -0.1) is 5.10 Å². The third kappa shape index (κ3) is 3.57. The van der Waals surface area contributed by atoms with Crippen molar-refractivity contribution in [3.8, 4) is 5.75 Å². The normalized spacial score (nSPS) is 25.4. The number of carbonyl (C=O) groups excluding carboxylic acids is 1. The van der Waals surface area contributed by atoms with Gasteiger partial charge in [0.15, 0.2) is 5.82 Å². The van der Waals surface area contributed by atoms with E-state index in [1.54, 1.807) is 18.3 Å². The predicted molar refractivity (Wildman–Crippen MR) is 94.4 cm³/mol. The fraction of sp³-hybridized carbons (Fsp3) is 0.421. The Balaban J connectivity index is 1.34. The predicted octanol–water partition coefficient (Wildman–Crippen LogP) is 2.07. The Hall–Kier alpha value is -2.63. The molecular formula is C19H22N4O2. The first kappa shape index (κ1) is 15.9. The SMILES string of the molecule is O=C(NC1CCCN(c2cccnn2)C1)[C@H]1C[C@@H]1c1cccc(O)c1. The molecule has 1 aromatic carbocycles. The van der Waals surface area contributed by atoms with Crippen molar-refractivity contribution in [3.63, 3.8) is 0 Å². The van der Waals surface area contributed by atoms with Crippen LogP contribution >= 0.6 is 0 Å². The Morgan fingerprint density at radius 3 is 3.00 bits per heavy atom. The third-order valence-corrected chi connectivity index (χ3v) is 5.08. The number of nitrogens with zero attached hydrogens (tertiary/aromatic N) is 3. The van der Waals surface area contributed by atoms with Gasteiger partial charge < -0.3 is 15.3 Å². The molecule has 1 aliphatic heterocycles. The molecule has 130 valence electrons. The molecule has 2 aromatic rings. The first-order valence-electron chi connectivity index (χ1n) is 8.82. The molecule has 0 radical (unpaired) electrons. The van der Waals surface area contributed by atoms with Gasteiger partial charge in [-0.2, -0.15) is 5.10 Å². The van der Waals surface area contributed by atoms with Crippen LogP contribution in [0, 0.1) is 5.92 Å². The van der Waals surface area contributed by atoms with Crippen LogP contribution in [0.4, 0.5) is 5.82 Å². The summed E-state index contributed by atoms with van der Waals surface area (Å²) in [5, 5.41) is 20.9. The number of hydrogen-bond acceptors (Lipinski definition) is 5. The van der Waals surface area contributed by atoms with Gasteiger partial charge in [-0.1, -0.05) is 12.1 Å². The lowest BCUT2D eigenvalue weighted by Crippen LogP contribution is -2.48. The lowest BCUT2D eigenvalue weighted by Gasteiger charge is -2.33. The number of nitrogens with one attached hydrogen (secondary N) is 1. The molecule has 0 spiro atoms. The summed E-state index contributed by atoms with van der Waals surface area (Å²) in [5.74, 6) is 1.50. The van der Waals surface area contributed by atoms with E-state index in [4.69, 9.17) is 0 Å². The Morgan fingerprint density at radius 2 is 2.20 bits per heavy atom. The number of anilines is 1. The number of hydrogen-bond donors (Lipinski definition) is 2. The van der Waals surface area contributed by atoms with Gasteiger partial charge >= 0.3 is 0 Å². The molecule has 1 saturated heterocycles. The number of phenols is 1. The van der Waals surface area contributed by atoms with Crippen molar-refractivity contribution < 1.29 is 9.90 Å². The van der Waals surface area contributed by atoms with Crippen molar-refractivity contribution in [1.29, 1.82) is 0 Å². The summed E-state index contributed by atoms with van der Waals surface area (Å²) in [6, 6.07) is 11.2. The minimum Gasteiger partial charge on any atom is -0.508 e. The Labute approximate surface area is 146 Å². The summed E-state index contributed by atoms with van der Waals surface area (Å²) in [4.78, 5) is 14.7. The van der Waals surface area contributed by atoms with Crippen molar-refractivity contribution in [1.82, 2.24) is 15.5 Å². The van der Waals surface area contributed by atoms with E-state index in [1.165, 1.54) is 0 Å². The number of carbonyl (C=O) groups is 1. The highest BCUT2D eigenvalue weighted by Gasteiger charge is 2.44. The second-order valence-electron chi connectivity index (χ2n) is 6.92. The molecule has 1 amide bonds. The van der Waals surface area contributed by atoms with E-state index in [1.807, 2.05) is 24.3 Å². The van der Waals surface area contributed by atoms with Gasteiger partial charge in [0.2, 0.25) is 5.91 Å². The molecule has 2 N–H and O–H groups in total. The number of aromatic nitrogens is 2. The van der Waals surface area contributed by atoms with E-state index < -0.39 is 0 Å². The molecule has 1 aliphatic carbocycles. The van der Waals surface area contributed by atoms with Crippen molar-refractivity contribution in [2.75, 3.05) is 18.0 Å². The van der Waals surface area contributed by atoms with Crippen LogP contribution in [0.1, 0.15) is 30.7 Å². The lowest BCUT2D eigenvalue weighted by molar-refractivity contribution is -0.123. The van der Waals surface area contributed by atoms with Gasteiger partial charge in [-0.3, -0.25) is 4.79 Å². The van der Waals surface area contributed by atoms with Crippen LogP contribution < -0.4 is 10.2 Å². The molecule has 1 unspecified atom stereocenters. The second-order valence-corrected chi connectivity index (χ2v) is 6.92. The van der Waals surface area contributed by atoms with E-state index in [0.717, 1.165) is 43.7 Å². The van der Waals surface area contributed by atoms with E-state index in [9.17, 15) is 9.90 Å². The zero-order chi connectivity index (χ0) is 17.2. The molecule has 6 heteroatoms. The summed E-state index contributed by atoms with van der Waals surface area (Å²) in [6.07, 6.45) is 4.55. The highest BCUT2D eigenvalue weighted by molar-refractivity contribution is 5.83. The maximum atomic E-state index is 12.6. The van der Waals surface area contributed by atoms with Crippen LogP contribution in [-0.4, -0.2) is 40.3 Å². The average molecular weight is 338 g/mol. The summed E-state index contributed by atoms with van der Waals surface area (Å²) in [5.41, 5.74) is 1.05. The van der Waals surface area contributed by atoms with E-state index >= 15 is 0 Å². The van der Waals surface area contributed by atoms with Crippen LogP contribution in [0.25, 0.3) is 0 Å².